The zero-order valence-electron chi connectivity index (χ0n) is 19.6. The van der Waals surface area contributed by atoms with Gasteiger partial charge < -0.3 is 14.6 Å². The van der Waals surface area contributed by atoms with Gasteiger partial charge in [-0.05, 0) is 69.0 Å². The summed E-state index contributed by atoms with van der Waals surface area (Å²) in [5, 5.41) is 8.47. The molecule has 1 aliphatic rings. The number of fused-ring (bicyclic) bond motifs is 1. The molecular weight excluding hydrogens is 450 g/mol. The molecular formula is C26H28ClN5O2. The normalized spacial score (nSPS) is 18.4. The van der Waals surface area contributed by atoms with E-state index in [1.54, 1.807) is 16.8 Å². The molecule has 176 valence electrons. The van der Waals surface area contributed by atoms with Crippen molar-refractivity contribution in [1.29, 1.82) is 0 Å². The summed E-state index contributed by atoms with van der Waals surface area (Å²) in [6.07, 6.45) is 3.94. The predicted molar refractivity (Wildman–Crippen MR) is 134 cm³/mol. The summed E-state index contributed by atoms with van der Waals surface area (Å²) in [5.41, 5.74) is 4.80. The number of nitrogens with one attached hydrogen (secondary N) is 1. The number of hydrogen-bond acceptors (Lipinski definition) is 5. The molecule has 3 heterocycles. The van der Waals surface area contributed by atoms with Gasteiger partial charge in [0.15, 0.2) is 5.58 Å². The Balaban J connectivity index is 1.41. The van der Waals surface area contributed by atoms with Crippen molar-refractivity contribution in [3.8, 4) is 5.69 Å². The number of benzene rings is 2. The van der Waals surface area contributed by atoms with Crippen LogP contribution in [0.1, 0.15) is 41.4 Å². The lowest BCUT2D eigenvalue weighted by atomic mass is 9.90. The fraction of sp³-hybridized carbons (Fsp3) is 0.346. The third-order valence-corrected chi connectivity index (χ3v) is 6.78. The number of carbonyl (C=O) groups is 1. The van der Waals surface area contributed by atoms with Crippen LogP contribution in [0.15, 0.2) is 53.1 Å². The molecule has 2 atom stereocenters. The van der Waals surface area contributed by atoms with Crippen molar-refractivity contribution >= 4 is 34.6 Å². The molecule has 1 amide bonds. The first-order valence-corrected chi connectivity index (χ1v) is 12.0. The largest absolute Gasteiger partial charge is 0.424 e. The van der Waals surface area contributed by atoms with E-state index in [9.17, 15) is 4.79 Å². The number of anilines is 1. The summed E-state index contributed by atoms with van der Waals surface area (Å²) in [7, 11) is 0. The van der Waals surface area contributed by atoms with E-state index in [0.29, 0.717) is 46.7 Å². The zero-order valence-corrected chi connectivity index (χ0v) is 20.3. The van der Waals surface area contributed by atoms with Gasteiger partial charge in [0.25, 0.3) is 11.9 Å². The third-order valence-electron chi connectivity index (χ3n) is 6.54. The molecule has 0 bridgehead atoms. The van der Waals surface area contributed by atoms with E-state index in [2.05, 4.69) is 22.3 Å². The van der Waals surface area contributed by atoms with Crippen molar-refractivity contribution < 1.29 is 9.21 Å². The number of aromatic nitrogens is 3. The number of nitrogens with zero attached hydrogens (tertiary/aromatic N) is 4. The molecule has 0 aliphatic carbocycles. The van der Waals surface area contributed by atoms with Gasteiger partial charge in [-0.1, -0.05) is 30.2 Å². The van der Waals surface area contributed by atoms with E-state index in [-0.39, 0.29) is 11.9 Å². The van der Waals surface area contributed by atoms with Crippen LogP contribution in [-0.2, 0) is 0 Å². The monoisotopic (exact) mass is 477 g/mol. The van der Waals surface area contributed by atoms with Gasteiger partial charge in [0, 0.05) is 24.3 Å². The number of hydrogen-bond donors (Lipinski definition) is 1. The van der Waals surface area contributed by atoms with E-state index >= 15 is 0 Å². The Kier molecular flexibility index (Phi) is 6.04. The van der Waals surface area contributed by atoms with Crippen LogP contribution in [-0.4, -0.2) is 44.7 Å². The summed E-state index contributed by atoms with van der Waals surface area (Å²) in [4.78, 5) is 20.4. The van der Waals surface area contributed by atoms with Crippen LogP contribution in [0.25, 0.3) is 16.8 Å². The fourth-order valence-corrected chi connectivity index (χ4v) is 4.87. The highest BCUT2D eigenvalue weighted by Gasteiger charge is 2.33. The van der Waals surface area contributed by atoms with Gasteiger partial charge in [0.1, 0.15) is 5.52 Å². The van der Waals surface area contributed by atoms with Gasteiger partial charge in [-0.25, -0.2) is 4.68 Å². The minimum atomic E-state index is 0.00701. The first-order chi connectivity index (χ1) is 16.4. The van der Waals surface area contributed by atoms with Crippen LogP contribution < -0.4 is 5.32 Å². The second-order valence-electron chi connectivity index (χ2n) is 9.12. The molecule has 0 radical (unpaired) electrons. The summed E-state index contributed by atoms with van der Waals surface area (Å²) in [6.45, 7) is 7.41. The Labute approximate surface area is 203 Å². The van der Waals surface area contributed by atoms with Gasteiger partial charge in [-0.3, -0.25) is 4.79 Å². The minimum Gasteiger partial charge on any atom is -0.424 e. The van der Waals surface area contributed by atoms with Crippen molar-refractivity contribution in [3.05, 3.63) is 70.5 Å². The molecule has 34 heavy (non-hydrogen) atoms. The number of carbonyl (C=O) groups excluding carboxylic acids is 1. The lowest BCUT2D eigenvalue weighted by molar-refractivity contribution is 0.0539. The molecule has 1 N–H and O–H groups in total. The predicted octanol–water partition coefficient (Wildman–Crippen LogP) is 5.64. The van der Waals surface area contributed by atoms with Crippen LogP contribution in [0.2, 0.25) is 5.02 Å². The molecule has 2 aromatic heterocycles. The molecule has 2 unspecified atom stereocenters. The SMILES string of the molecule is Cc1ccc(-n2ccc(C)n2)c(C(=O)N2CCCC(C)C2CNc2nc3cc(Cl)ccc3o2)c1. The van der Waals surface area contributed by atoms with E-state index in [1.165, 1.54) is 0 Å². The van der Waals surface area contributed by atoms with E-state index in [4.69, 9.17) is 16.0 Å². The van der Waals surface area contributed by atoms with Crippen LogP contribution >= 0.6 is 11.6 Å². The first kappa shape index (κ1) is 22.5. The number of aryl methyl sites for hydroxylation is 2. The highest BCUT2D eigenvalue weighted by molar-refractivity contribution is 6.31. The lowest BCUT2D eigenvalue weighted by Crippen LogP contribution is -2.51. The number of piperidine rings is 1. The van der Waals surface area contributed by atoms with E-state index < -0.39 is 0 Å². The third kappa shape index (κ3) is 4.40. The highest BCUT2D eigenvalue weighted by Crippen LogP contribution is 2.28. The molecule has 8 heteroatoms. The quantitative estimate of drug-likeness (QED) is 0.402. The van der Waals surface area contributed by atoms with Crippen LogP contribution in [0, 0.1) is 19.8 Å². The Morgan fingerprint density at radius 3 is 2.85 bits per heavy atom. The zero-order chi connectivity index (χ0) is 23.8. The average molecular weight is 478 g/mol. The maximum Gasteiger partial charge on any atom is 0.295 e. The average Bonchev–Trinajstić information content (AvgIpc) is 3.43. The molecule has 1 aliphatic heterocycles. The Bertz CT molecular complexity index is 1340. The molecule has 0 saturated carbocycles. The summed E-state index contributed by atoms with van der Waals surface area (Å²) >= 11 is 6.08. The van der Waals surface area contributed by atoms with Gasteiger partial charge in [0.2, 0.25) is 0 Å². The smallest absolute Gasteiger partial charge is 0.295 e. The van der Waals surface area contributed by atoms with Gasteiger partial charge in [0.05, 0.1) is 23.0 Å². The van der Waals surface area contributed by atoms with E-state index in [1.807, 2.05) is 55.3 Å². The van der Waals surface area contributed by atoms with Crippen molar-refractivity contribution in [2.24, 2.45) is 5.92 Å². The molecule has 0 spiro atoms. The van der Waals surface area contributed by atoms with Crippen molar-refractivity contribution in [2.75, 3.05) is 18.4 Å². The van der Waals surface area contributed by atoms with Gasteiger partial charge >= 0.3 is 0 Å². The van der Waals surface area contributed by atoms with E-state index in [0.717, 1.165) is 29.8 Å². The number of halogens is 1. The molecule has 7 nitrogen and oxygen atoms in total. The number of rotatable bonds is 5. The van der Waals surface area contributed by atoms with Crippen LogP contribution in [0.3, 0.4) is 0 Å². The first-order valence-electron chi connectivity index (χ1n) is 11.6. The standard InChI is InChI=1S/C26H28ClN5O2/c1-16-6-8-22(32-12-10-18(3)30-32)20(13-16)25(33)31-11-4-5-17(2)23(31)15-28-26-29-21-14-19(27)7-9-24(21)34-26/h6-10,12-14,17,23H,4-5,11,15H2,1-3H3,(H,28,29). The second kappa shape index (κ2) is 9.14. The molecule has 1 fully saturated rings. The maximum absolute atomic E-state index is 13.9. The highest BCUT2D eigenvalue weighted by atomic mass is 35.5. The molecule has 1 saturated heterocycles. The summed E-state index contributed by atoms with van der Waals surface area (Å²) < 4.78 is 7.61. The topological polar surface area (TPSA) is 76.2 Å². The summed E-state index contributed by atoms with van der Waals surface area (Å²) in [5.74, 6) is 0.360. The van der Waals surface area contributed by atoms with Gasteiger partial charge in [-0.15, -0.1) is 0 Å². The van der Waals surface area contributed by atoms with Crippen molar-refractivity contribution in [1.82, 2.24) is 19.7 Å². The van der Waals surface area contributed by atoms with Crippen LogP contribution in [0.5, 0.6) is 0 Å². The Morgan fingerprint density at radius 1 is 1.21 bits per heavy atom. The Morgan fingerprint density at radius 2 is 2.06 bits per heavy atom. The molecule has 5 rings (SSSR count). The number of oxazole rings is 1. The minimum absolute atomic E-state index is 0.00701. The number of likely N-dealkylation sites (tertiary alicyclic amines) is 1. The maximum atomic E-state index is 13.9. The lowest BCUT2D eigenvalue weighted by Gasteiger charge is -2.40. The fourth-order valence-electron chi connectivity index (χ4n) is 4.71. The molecule has 4 aromatic rings. The van der Waals surface area contributed by atoms with Crippen LogP contribution in [0.4, 0.5) is 6.01 Å². The van der Waals surface area contributed by atoms with Crippen molar-refractivity contribution in [3.63, 3.8) is 0 Å². The number of amides is 1. The van der Waals surface area contributed by atoms with Crippen molar-refractivity contribution in [2.45, 2.75) is 39.7 Å². The Hall–Kier alpha value is -3.32. The summed E-state index contributed by atoms with van der Waals surface area (Å²) in [6, 6.07) is 13.7. The second-order valence-corrected chi connectivity index (χ2v) is 9.56. The molecule has 2 aromatic carbocycles. The van der Waals surface area contributed by atoms with Gasteiger partial charge in [-0.2, -0.15) is 10.1 Å².